The first-order valence-electron chi connectivity index (χ1n) is 6.08. The number of carbonyl (C=O) groups is 1. The lowest BCUT2D eigenvalue weighted by Crippen LogP contribution is -2.18. The van der Waals surface area contributed by atoms with Crippen LogP contribution in [0.2, 0.25) is 0 Å². The fourth-order valence-corrected chi connectivity index (χ4v) is 3.54. The van der Waals surface area contributed by atoms with Gasteiger partial charge < -0.3 is 0 Å². The molecule has 0 unspecified atom stereocenters. The van der Waals surface area contributed by atoms with Crippen molar-refractivity contribution in [2.75, 3.05) is 0 Å². The molecule has 1 amide bonds. The summed E-state index contributed by atoms with van der Waals surface area (Å²) in [7, 11) is 0. The number of nitrogens with zero attached hydrogens (tertiary/aromatic N) is 1. The Bertz CT molecular complexity index is 611. The standard InChI is InChI=1S/C14H16N2OS2/c1-4-12-10(3)18-8-13(12)14(17)16-15-7-11-6-5-9(2)19-11/h5-8H,4H2,1-3H3,(H,16,17)/b15-7+. The van der Waals surface area contributed by atoms with E-state index in [1.165, 1.54) is 9.75 Å². The molecule has 0 atom stereocenters. The van der Waals surface area contributed by atoms with Crippen LogP contribution in [-0.4, -0.2) is 12.1 Å². The van der Waals surface area contributed by atoms with E-state index in [1.54, 1.807) is 28.9 Å². The summed E-state index contributed by atoms with van der Waals surface area (Å²) >= 11 is 3.25. The van der Waals surface area contributed by atoms with E-state index >= 15 is 0 Å². The molecule has 0 fully saturated rings. The molecule has 2 aromatic rings. The predicted molar refractivity (Wildman–Crippen MR) is 82.6 cm³/mol. The summed E-state index contributed by atoms with van der Waals surface area (Å²) in [6.07, 6.45) is 2.55. The first-order chi connectivity index (χ1) is 9.11. The van der Waals surface area contributed by atoms with Crippen molar-refractivity contribution in [3.8, 4) is 0 Å². The number of hydrogen-bond acceptors (Lipinski definition) is 4. The molecule has 0 aromatic carbocycles. The number of amides is 1. The smallest absolute Gasteiger partial charge is 0.267 e. The lowest BCUT2D eigenvalue weighted by Gasteiger charge is -2.01. The van der Waals surface area contributed by atoms with Gasteiger partial charge in [-0.3, -0.25) is 4.79 Å². The average molecular weight is 292 g/mol. The first-order valence-corrected chi connectivity index (χ1v) is 7.78. The van der Waals surface area contributed by atoms with Crippen molar-refractivity contribution in [1.29, 1.82) is 0 Å². The van der Waals surface area contributed by atoms with Crippen molar-refractivity contribution >= 4 is 34.8 Å². The molecule has 2 rings (SSSR count). The summed E-state index contributed by atoms with van der Waals surface area (Å²) in [6.45, 7) is 6.14. The second-order valence-electron chi connectivity index (χ2n) is 4.19. The molecule has 1 N–H and O–H groups in total. The second-order valence-corrected chi connectivity index (χ2v) is 6.59. The number of hydrazone groups is 1. The number of nitrogens with one attached hydrogen (secondary N) is 1. The monoisotopic (exact) mass is 292 g/mol. The van der Waals surface area contributed by atoms with E-state index < -0.39 is 0 Å². The number of thiophene rings is 2. The van der Waals surface area contributed by atoms with Crippen LogP contribution in [0.15, 0.2) is 22.6 Å². The summed E-state index contributed by atoms with van der Waals surface area (Å²) in [4.78, 5) is 15.5. The summed E-state index contributed by atoms with van der Waals surface area (Å²) in [6, 6.07) is 4.02. The molecule has 2 heterocycles. The van der Waals surface area contributed by atoms with Crippen molar-refractivity contribution in [3.05, 3.63) is 43.3 Å². The zero-order valence-electron chi connectivity index (χ0n) is 11.2. The maximum Gasteiger partial charge on any atom is 0.272 e. The van der Waals surface area contributed by atoms with E-state index in [0.717, 1.165) is 22.4 Å². The predicted octanol–water partition coefficient (Wildman–Crippen LogP) is 3.75. The molecule has 0 spiro atoms. The maximum absolute atomic E-state index is 12.0. The van der Waals surface area contributed by atoms with Crippen LogP contribution in [0.4, 0.5) is 0 Å². The molecule has 0 saturated carbocycles. The van der Waals surface area contributed by atoms with E-state index in [1.807, 2.05) is 31.4 Å². The zero-order chi connectivity index (χ0) is 13.8. The zero-order valence-corrected chi connectivity index (χ0v) is 12.8. The molecule has 5 heteroatoms. The Morgan fingerprint density at radius 1 is 1.42 bits per heavy atom. The highest BCUT2D eigenvalue weighted by Gasteiger charge is 2.13. The minimum atomic E-state index is -0.134. The number of hydrogen-bond donors (Lipinski definition) is 1. The molecule has 0 saturated heterocycles. The summed E-state index contributed by atoms with van der Waals surface area (Å²) in [5.41, 5.74) is 4.44. The molecule has 100 valence electrons. The lowest BCUT2D eigenvalue weighted by molar-refractivity contribution is 0.0954. The normalized spacial score (nSPS) is 11.1. The van der Waals surface area contributed by atoms with Gasteiger partial charge in [-0.05, 0) is 38.0 Å². The van der Waals surface area contributed by atoms with Gasteiger partial charge in [0.05, 0.1) is 11.8 Å². The Morgan fingerprint density at radius 3 is 2.84 bits per heavy atom. The van der Waals surface area contributed by atoms with Gasteiger partial charge in [-0.25, -0.2) is 5.43 Å². The highest BCUT2D eigenvalue weighted by molar-refractivity contribution is 7.13. The molecular weight excluding hydrogens is 276 g/mol. The third-order valence-corrected chi connectivity index (χ3v) is 4.71. The van der Waals surface area contributed by atoms with E-state index in [4.69, 9.17) is 0 Å². The van der Waals surface area contributed by atoms with Gasteiger partial charge in [0.1, 0.15) is 0 Å². The highest BCUT2D eigenvalue weighted by Crippen LogP contribution is 2.22. The number of rotatable bonds is 4. The van der Waals surface area contributed by atoms with Crippen LogP contribution in [-0.2, 0) is 6.42 Å². The number of carbonyl (C=O) groups excluding carboxylic acids is 1. The van der Waals surface area contributed by atoms with Crippen LogP contribution >= 0.6 is 22.7 Å². The van der Waals surface area contributed by atoms with Gasteiger partial charge in [-0.1, -0.05) is 6.92 Å². The fourth-order valence-electron chi connectivity index (χ4n) is 1.85. The Labute approximate surface area is 121 Å². The first kappa shape index (κ1) is 14.0. The summed E-state index contributed by atoms with van der Waals surface area (Å²) in [5.74, 6) is -0.134. The van der Waals surface area contributed by atoms with Crippen LogP contribution in [0.5, 0.6) is 0 Å². The van der Waals surface area contributed by atoms with Crippen LogP contribution in [0.3, 0.4) is 0 Å². The Kier molecular flexibility index (Phi) is 4.50. The molecule has 0 radical (unpaired) electrons. The molecule has 0 aliphatic heterocycles. The van der Waals surface area contributed by atoms with Gasteiger partial charge in [-0.15, -0.1) is 22.7 Å². The van der Waals surface area contributed by atoms with E-state index in [0.29, 0.717) is 0 Å². The van der Waals surface area contributed by atoms with E-state index in [9.17, 15) is 4.79 Å². The SMILES string of the molecule is CCc1c(C(=O)N/N=C/c2ccc(C)s2)csc1C. The lowest BCUT2D eigenvalue weighted by atomic mass is 10.1. The molecule has 19 heavy (non-hydrogen) atoms. The Balaban J connectivity index is 2.03. The van der Waals surface area contributed by atoms with Crippen molar-refractivity contribution in [2.24, 2.45) is 5.10 Å². The van der Waals surface area contributed by atoms with Crippen molar-refractivity contribution in [2.45, 2.75) is 27.2 Å². The molecule has 0 aliphatic carbocycles. The maximum atomic E-state index is 12.0. The second kappa shape index (κ2) is 6.12. The van der Waals surface area contributed by atoms with E-state index in [2.05, 4.69) is 17.5 Å². The number of aryl methyl sites for hydroxylation is 2. The molecular formula is C14H16N2OS2. The fraction of sp³-hybridized carbons (Fsp3) is 0.286. The van der Waals surface area contributed by atoms with Gasteiger partial charge in [0.25, 0.3) is 5.91 Å². The minimum absolute atomic E-state index is 0.134. The molecule has 0 aliphatic rings. The third kappa shape index (κ3) is 3.30. The third-order valence-electron chi connectivity index (χ3n) is 2.82. The van der Waals surface area contributed by atoms with Gasteiger partial charge in [0.15, 0.2) is 0 Å². The Morgan fingerprint density at radius 2 is 2.21 bits per heavy atom. The Hall–Kier alpha value is -1.46. The molecule has 2 aromatic heterocycles. The molecule has 3 nitrogen and oxygen atoms in total. The molecule has 0 bridgehead atoms. The van der Waals surface area contributed by atoms with Gasteiger partial charge in [0, 0.05) is 20.0 Å². The summed E-state index contributed by atoms with van der Waals surface area (Å²) in [5, 5.41) is 5.90. The van der Waals surface area contributed by atoms with Crippen LogP contribution < -0.4 is 5.43 Å². The highest BCUT2D eigenvalue weighted by atomic mass is 32.1. The van der Waals surface area contributed by atoms with E-state index in [-0.39, 0.29) is 5.91 Å². The average Bonchev–Trinajstić information content (AvgIpc) is 2.95. The van der Waals surface area contributed by atoms with Gasteiger partial charge in [-0.2, -0.15) is 5.10 Å². The van der Waals surface area contributed by atoms with Crippen molar-refractivity contribution < 1.29 is 4.79 Å². The van der Waals surface area contributed by atoms with Crippen LogP contribution in [0, 0.1) is 13.8 Å². The quantitative estimate of drug-likeness (QED) is 0.676. The van der Waals surface area contributed by atoms with Crippen LogP contribution in [0.25, 0.3) is 0 Å². The topological polar surface area (TPSA) is 41.5 Å². The van der Waals surface area contributed by atoms with Gasteiger partial charge in [0.2, 0.25) is 0 Å². The van der Waals surface area contributed by atoms with Crippen molar-refractivity contribution in [3.63, 3.8) is 0 Å². The summed E-state index contributed by atoms with van der Waals surface area (Å²) < 4.78 is 0. The minimum Gasteiger partial charge on any atom is -0.267 e. The van der Waals surface area contributed by atoms with Crippen molar-refractivity contribution in [1.82, 2.24) is 5.43 Å². The van der Waals surface area contributed by atoms with Gasteiger partial charge >= 0.3 is 0 Å². The van der Waals surface area contributed by atoms with Crippen LogP contribution in [0.1, 0.15) is 37.5 Å². The largest absolute Gasteiger partial charge is 0.272 e.